The maximum atomic E-state index is 11.4. The van der Waals surface area contributed by atoms with Crippen molar-refractivity contribution in [1.82, 2.24) is 0 Å². The van der Waals surface area contributed by atoms with E-state index in [1.54, 1.807) is 12.1 Å². The molecule has 0 atom stereocenters. The Balaban J connectivity index is 2.71. The molecule has 0 aliphatic carbocycles. The van der Waals surface area contributed by atoms with Crippen molar-refractivity contribution in [2.75, 3.05) is 6.61 Å². The van der Waals surface area contributed by atoms with E-state index in [1.807, 2.05) is 27.7 Å². The largest absolute Gasteiger partial charge is 0.513 e. The van der Waals surface area contributed by atoms with Gasteiger partial charge in [-0.1, -0.05) is 13.8 Å². The molecule has 0 aliphatic rings. The molecule has 100 valence electrons. The monoisotopic (exact) mass is 270 g/mol. The zero-order chi connectivity index (χ0) is 13.7. The van der Waals surface area contributed by atoms with E-state index in [-0.39, 0.29) is 0 Å². The van der Waals surface area contributed by atoms with Gasteiger partial charge in [0.05, 0.1) is 6.61 Å². The van der Waals surface area contributed by atoms with Crippen molar-refractivity contribution in [2.45, 2.75) is 33.6 Å². The molecule has 0 radical (unpaired) electrons. The van der Waals surface area contributed by atoms with Crippen LogP contribution < -0.4 is 4.74 Å². The van der Waals surface area contributed by atoms with Crippen LogP contribution in [0.15, 0.2) is 12.1 Å². The Morgan fingerprint density at radius 3 is 2.28 bits per heavy atom. The maximum absolute atomic E-state index is 11.4. The second kappa shape index (κ2) is 6.64. The number of alkyl halides is 1. The molecule has 0 N–H and O–H groups in total. The fourth-order valence-electron chi connectivity index (χ4n) is 1.58. The summed E-state index contributed by atoms with van der Waals surface area (Å²) in [5, 5.41) is 0. The second-order valence-electron chi connectivity index (χ2n) is 4.73. The molecule has 0 unspecified atom stereocenters. The van der Waals surface area contributed by atoms with Gasteiger partial charge in [-0.2, -0.15) is 0 Å². The van der Waals surface area contributed by atoms with Crippen LogP contribution in [0.5, 0.6) is 5.75 Å². The molecule has 0 fully saturated rings. The average molecular weight is 271 g/mol. The van der Waals surface area contributed by atoms with Crippen LogP contribution in [-0.2, 0) is 10.6 Å². The lowest BCUT2D eigenvalue weighted by Gasteiger charge is -2.11. The summed E-state index contributed by atoms with van der Waals surface area (Å²) in [5.41, 5.74) is 3.09. The van der Waals surface area contributed by atoms with Crippen LogP contribution in [0.25, 0.3) is 0 Å². The summed E-state index contributed by atoms with van der Waals surface area (Å²) in [5.74, 6) is 1.24. The first kappa shape index (κ1) is 14.8. The van der Waals surface area contributed by atoms with Gasteiger partial charge >= 0.3 is 6.16 Å². The highest BCUT2D eigenvalue weighted by Gasteiger charge is 2.10. The Morgan fingerprint density at radius 2 is 1.83 bits per heavy atom. The predicted molar refractivity (Wildman–Crippen MR) is 72.3 cm³/mol. The summed E-state index contributed by atoms with van der Waals surface area (Å²) in [6.07, 6.45) is -0.666. The van der Waals surface area contributed by atoms with Gasteiger partial charge in [0.2, 0.25) is 0 Å². The Kier molecular flexibility index (Phi) is 5.48. The molecule has 0 saturated heterocycles. The molecular weight excluding hydrogens is 252 g/mol. The first-order valence-electron chi connectivity index (χ1n) is 5.94. The fourth-order valence-corrected chi connectivity index (χ4v) is 2.01. The number of hydrogen-bond donors (Lipinski definition) is 0. The minimum absolute atomic E-state index is 0.291. The lowest BCUT2D eigenvalue weighted by molar-refractivity contribution is 0.0885. The van der Waals surface area contributed by atoms with E-state index in [9.17, 15) is 4.79 Å². The maximum Gasteiger partial charge on any atom is 0.513 e. The van der Waals surface area contributed by atoms with E-state index in [0.717, 1.165) is 16.7 Å². The van der Waals surface area contributed by atoms with E-state index < -0.39 is 6.16 Å². The molecule has 0 amide bonds. The van der Waals surface area contributed by atoms with E-state index in [2.05, 4.69) is 0 Å². The van der Waals surface area contributed by atoms with Crippen molar-refractivity contribution in [3.05, 3.63) is 28.8 Å². The molecule has 0 spiro atoms. The van der Waals surface area contributed by atoms with Gasteiger partial charge in [-0.3, -0.25) is 0 Å². The van der Waals surface area contributed by atoms with Crippen LogP contribution in [0.4, 0.5) is 4.79 Å². The van der Waals surface area contributed by atoms with Crippen LogP contribution in [0.2, 0.25) is 0 Å². The van der Waals surface area contributed by atoms with Crippen LogP contribution in [-0.4, -0.2) is 12.8 Å². The zero-order valence-electron chi connectivity index (χ0n) is 11.2. The van der Waals surface area contributed by atoms with Crippen molar-refractivity contribution in [2.24, 2.45) is 5.92 Å². The number of aryl methyl sites for hydroxylation is 2. The number of ether oxygens (including phenoxy) is 2. The summed E-state index contributed by atoms with van der Waals surface area (Å²) in [4.78, 5) is 11.4. The Bertz CT molecular complexity index is 404. The van der Waals surface area contributed by atoms with Gasteiger partial charge in [-0.15, -0.1) is 11.6 Å². The highest BCUT2D eigenvalue weighted by atomic mass is 35.5. The normalized spacial score (nSPS) is 10.6. The highest BCUT2D eigenvalue weighted by Crippen LogP contribution is 2.23. The molecule has 0 saturated carbocycles. The van der Waals surface area contributed by atoms with Crippen LogP contribution >= 0.6 is 11.6 Å². The molecule has 0 bridgehead atoms. The lowest BCUT2D eigenvalue weighted by atomic mass is 10.0. The first-order chi connectivity index (χ1) is 8.43. The number of rotatable bonds is 4. The van der Waals surface area contributed by atoms with Crippen molar-refractivity contribution in [1.29, 1.82) is 0 Å². The van der Waals surface area contributed by atoms with E-state index in [0.29, 0.717) is 24.2 Å². The number of carbonyl (C=O) groups excluding carboxylic acids is 1. The Morgan fingerprint density at radius 1 is 1.28 bits per heavy atom. The third kappa shape index (κ3) is 4.22. The average Bonchev–Trinajstić information content (AvgIpc) is 2.26. The topological polar surface area (TPSA) is 35.5 Å². The third-order valence-electron chi connectivity index (χ3n) is 2.54. The first-order valence-corrected chi connectivity index (χ1v) is 6.48. The van der Waals surface area contributed by atoms with Gasteiger partial charge in [-0.25, -0.2) is 4.79 Å². The quantitative estimate of drug-likeness (QED) is 0.467. The van der Waals surface area contributed by atoms with E-state index >= 15 is 0 Å². The smallest absolute Gasteiger partial charge is 0.434 e. The molecule has 1 rings (SSSR count). The van der Waals surface area contributed by atoms with Gasteiger partial charge in [0, 0.05) is 5.88 Å². The van der Waals surface area contributed by atoms with Gasteiger partial charge in [0.1, 0.15) is 5.75 Å². The molecule has 4 heteroatoms. The summed E-state index contributed by atoms with van der Waals surface area (Å²) < 4.78 is 10.1. The molecule has 1 aromatic rings. The fraction of sp³-hybridized carbons (Fsp3) is 0.500. The summed E-state index contributed by atoms with van der Waals surface area (Å²) in [6.45, 7) is 8.18. The summed E-state index contributed by atoms with van der Waals surface area (Å²) >= 11 is 5.85. The summed E-state index contributed by atoms with van der Waals surface area (Å²) in [7, 11) is 0. The minimum atomic E-state index is -0.666. The van der Waals surface area contributed by atoms with E-state index in [1.165, 1.54) is 0 Å². The second-order valence-corrected chi connectivity index (χ2v) is 4.99. The molecule has 0 aromatic heterocycles. The molecule has 0 aliphatic heterocycles. The standard InChI is InChI=1S/C14H19ClO3/c1-9(2)8-17-14(16)18-12-5-10(3)13(7-15)11(4)6-12/h5-6,9H,7-8H2,1-4H3. The van der Waals surface area contributed by atoms with Crippen LogP contribution in [0, 0.1) is 19.8 Å². The van der Waals surface area contributed by atoms with E-state index in [4.69, 9.17) is 21.1 Å². The molecule has 18 heavy (non-hydrogen) atoms. The van der Waals surface area contributed by atoms with Gasteiger partial charge in [0.25, 0.3) is 0 Å². The number of halogens is 1. The van der Waals surface area contributed by atoms with Gasteiger partial charge < -0.3 is 9.47 Å². The van der Waals surface area contributed by atoms with Gasteiger partial charge in [0.15, 0.2) is 0 Å². The SMILES string of the molecule is Cc1cc(OC(=O)OCC(C)C)cc(C)c1CCl. The molecule has 3 nitrogen and oxygen atoms in total. The number of carbonyl (C=O) groups is 1. The number of benzene rings is 1. The highest BCUT2D eigenvalue weighted by molar-refractivity contribution is 6.17. The molecule has 1 aromatic carbocycles. The number of hydrogen-bond acceptors (Lipinski definition) is 3. The minimum Gasteiger partial charge on any atom is -0.434 e. The van der Waals surface area contributed by atoms with Gasteiger partial charge in [-0.05, 0) is 48.6 Å². The third-order valence-corrected chi connectivity index (χ3v) is 2.81. The Labute approximate surface area is 113 Å². The van der Waals surface area contributed by atoms with Crippen molar-refractivity contribution in [3.63, 3.8) is 0 Å². The van der Waals surface area contributed by atoms with Crippen molar-refractivity contribution >= 4 is 17.8 Å². The van der Waals surface area contributed by atoms with Crippen molar-refractivity contribution < 1.29 is 14.3 Å². The van der Waals surface area contributed by atoms with Crippen LogP contribution in [0.3, 0.4) is 0 Å². The predicted octanol–water partition coefficient (Wildman–Crippen LogP) is 4.21. The lowest BCUT2D eigenvalue weighted by Crippen LogP contribution is -2.14. The van der Waals surface area contributed by atoms with Crippen LogP contribution in [0.1, 0.15) is 30.5 Å². The zero-order valence-corrected chi connectivity index (χ0v) is 12.0. The Hall–Kier alpha value is -1.22. The summed E-state index contributed by atoms with van der Waals surface area (Å²) in [6, 6.07) is 3.59. The molecular formula is C14H19ClO3. The van der Waals surface area contributed by atoms with Crippen molar-refractivity contribution in [3.8, 4) is 5.75 Å². The molecule has 0 heterocycles.